The predicted octanol–water partition coefficient (Wildman–Crippen LogP) is 1.90. The molecule has 2 heterocycles. The lowest BCUT2D eigenvalue weighted by atomic mass is 10.1. The zero-order valence-electron chi connectivity index (χ0n) is 15.3. The minimum absolute atomic E-state index is 0.241. The quantitative estimate of drug-likeness (QED) is 0.573. The highest BCUT2D eigenvalue weighted by molar-refractivity contribution is 7.89. The molecule has 8 nitrogen and oxygen atoms in total. The number of carboxylic acid groups (broad SMARTS) is 1. The Balaban J connectivity index is 0.000000817. The van der Waals surface area contributed by atoms with Crippen molar-refractivity contribution in [3.05, 3.63) is 48.3 Å². The molecule has 3 aromatic rings. The minimum atomic E-state index is -3.47. The van der Waals surface area contributed by atoms with E-state index in [1.165, 1.54) is 7.05 Å². The first kappa shape index (κ1) is 20.6. The molecule has 0 amide bonds. The van der Waals surface area contributed by atoms with Gasteiger partial charge in [0.25, 0.3) is 6.47 Å². The molecule has 0 unspecified atom stereocenters. The number of fused-ring (bicyclic) bond motifs is 1. The summed E-state index contributed by atoms with van der Waals surface area (Å²) in [6.45, 7) is 0.555. The Hall–Kier alpha value is -2.75. The number of carbonyl (C=O) groups is 1. The number of hydrogen-bond acceptors (Lipinski definition) is 5. The van der Waals surface area contributed by atoms with E-state index in [0.717, 1.165) is 34.3 Å². The topological polar surface area (TPSA) is 115 Å². The van der Waals surface area contributed by atoms with Gasteiger partial charge in [0.1, 0.15) is 5.65 Å². The number of rotatable bonds is 5. The zero-order valence-corrected chi connectivity index (χ0v) is 16.1. The number of H-pyrrole nitrogens is 1. The summed E-state index contributed by atoms with van der Waals surface area (Å²) in [5, 5.41) is 7.93. The number of nitrogens with one attached hydrogen (secondary N) is 2. The van der Waals surface area contributed by atoms with Crippen LogP contribution in [-0.4, -0.2) is 56.0 Å². The lowest BCUT2D eigenvalue weighted by Crippen LogP contribution is -2.18. The number of sulfonamides is 1. The molecule has 2 aromatic heterocycles. The first-order valence-corrected chi connectivity index (χ1v) is 9.53. The molecule has 0 atom stereocenters. The van der Waals surface area contributed by atoms with Gasteiger partial charge in [0, 0.05) is 29.9 Å². The number of aromatic nitrogens is 2. The average molecular weight is 390 g/mol. The molecule has 0 spiro atoms. The van der Waals surface area contributed by atoms with Crippen molar-refractivity contribution in [2.75, 3.05) is 21.1 Å². The van der Waals surface area contributed by atoms with Gasteiger partial charge in [0.15, 0.2) is 0 Å². The van der Waals surface area contributed by atoms with E-state index in [9.17, 15) is 8.42 Å². The van der Waals surface area contributed by atoms with Gasteiger partial charge < -0.3 is 15.0 Å². The molecule has 9 heteroatoms. The van der Waals surface area contributed by atoms with E-state index in [2.05, 4.69) is 19.6 Å². The summed E-state index contributed by atoms with van der Waals surface area (Å²) >= 11 is 0. The molecule has 1 aromatic carbocycles. The van der Waals surface area contributed by atoms with Crippen LogP contribution in [0.4, 0.5) is 0 Å². The van der Waals surface area contributed by atoms with Crippen LogP contribution in [0.3, 0.4) is 0 Å². The maximum Gasteiger partial charge on any atom is 0.290 e. The largest absolute Gasteiger partial charge is 0.483 e. The molecule has 0 radical (unpaired) electrons. The average Bonchev–Trinajstić information content (AvgIpc) is 3.04. The van der Waals surface area contributed by atoms with Crippen LogP contribution in [0, 0.1) is 0 Å². The SMILES string of the molecule is CNS(=O)(=O)c1cccc(-c2cnc3[nH]cc(CN(C)C)c3c2)c1.O=CO. The van der Waals surface area contributed by atoms with Crippen molar-refractivity contribution in [1.29, 1.82) is 0 Å². The Kier molecular flexibility index (Phi) is 6.67. The Labute approximate surface area is 157 Å². The Morgan fingerprint density at radius 3 is 2.59 bits per heavy atom. The molecular formula is C18H22N4O4S. The molecule has 0 fully saturated rings. The molecule has 0 aliphatic carbocycles. The second-order valence-electron chi connectivity index (χ2n) is 6.01. The molecule has 27 heavy (non-hydrogen) atoms. The van der Waals surface area contributed by atoms with Gasteiger partial charge in [-0.15, -0.1) is 0 Å². The van der Waals surface area contributed by atoms with Gasteiger partial charge in [-0.1, -0.05) is 12.1 Å². The summed E-state index contributed by atoms with van der Waals surface area (Å²) < 4.78 is 26.3. The minimum Gasteiger partial charge on any atom is -0.483 e. The van der Waals surface area contributed by atoms with E-state index in [0.29, 0.717) is 0 Å². The maximum absolute atomic E-state index is 12.0. The second kappa shape index (κ2) is 8.76. The predicted molar refractivity (Wildman–Crippen MR) is 104 cm³/mol. The van der Waals surface area contributed by atoms with E-state index < -0.39 is 10.0 Å². The summed E-state index contributed by atoms with van der Waals surface area (Å²) in [6.07, 6.45) is 3.71. The van der Waals surface area contributed by atoms with Gasteiger partial charge in [-0.05, 0) is 50.5 Å². The fourth-order valence-electron chi connectivity index (χ4n) is 2.65. The molecule has 0 aliphatic rings. The first-order chi connectivity index (χ1) is 12.8. The van der Waals surface area contributed by atoms with Gasteiger partial charge in [0.05, 0.1) is 4.90 Å². The number of aromatic amines is 1. The van der Waals surface area contributed by atoms with Crippen LogP contribution >= 0.6 is 0 Å². The van der Waals surface area contributed by atoms with Crippen LogP contribution in [0.1, 0.15) is 5.56 Å². The molecule has 0 saturated heterocycles. The van der Waals surface area contributed by atoms with E-state index >= 15 is 0 Å². The summed E-state index contributed by atoms with van der Waals surface area (Å²) in [4.78, 5) is 18.3. The van der Waals surface area contributed by atoms with Crippen LogP contribution in [0.2, 0.25) is 0 Å². The van der Waals surface area contributed by atoms with Crippen molar-refractivity contribution in [3.63, 3.8) is 0 Å². The molecule has 3 N–H and O–H groups in total. The van der Waals surface area contributed by atoms with Crippen LogP contribution < -0.4 is 4.72 Å². The van der Waals surface area contributed by atoms with E-state index in [1.807, 2.05) is 32.4 Å². The summed E-state index contributed by atoms with van der Waals surface area (Å²) in [6, 6.07) is 8.90. The van der Waals surface area contributed by atoms with E-state index in [4.69, 9.17) is 9.90 Å². The Morgan fingerprint density at radius 1 is 1.26 bits per heavy atom. The van der Waals surface area contributed by atoms with Crippen molar-refractivity contribution in [1.82, 2.24) is 19.6 Å². The van der Waals surface area contributed by atoms with Gasteiger partial charge in [-0.3, -0.25) is 4.79 Å². The van der Waals surface area contributed by atoms with Gasteiger partial charge in [-0.2, -0.15) is 0 Å². The third-order valence-corrected chi connectivity index (χ3v) is 5.26. The summed E-state index contributed by atoms with van der Waals surface area (Å²) in [5.74, 6) is 0. The third-order valence-electron chi connectivity index (χ3n) is 3.85. The monoisotopic (exact) mass is 390 g/mol. The van der Waals surface area contributed by atoms with Crippen LogP contribution in [0.5, 0.6) is 0 Å². The molecule has 0 saturated carbocycles. The zero-order chi connectivity index (χ0) is 20.0. The highest BCUT2D eigenvalue weighted by atomic mass is 32.2. The van der Waals surface area contributed by atoms with Gasteiger partial charge >= 0.3 is 0 Å². The molecule has 144 valence electrons. The van der Waals surface area contributed by atoms with E-state index in [1.54, 1.807) is 24.4 Å². The summed E-state index contributed by atoms with van der Waals surface area (Å²) in [7, 11) is 1.97. The number of hydrogen-bond donors (Lipinski definition) is 3. The van der Waals surface area contributed by atoms with Crippen molar-refractivity contribution >= 4 is 27.5 Å². The van der Waals surface area contributed by atoms with Crippen molar-refractivity contribution < 1.29 is 18.3 Å². The Bertz CT molecular complexity index is 1030. The smallest absolute Gasteiger partial charge is 0.290 e. The number of benzene rings is 1. The van der Waals surface area contributed by atoms with Crippen molar-refractivity contribution in [3.8, 4) is 11.1 Å². The number of pyridine rings is 1. The first-order valence-electron chi connectivity index (χ1n) is 8.05. The Morgan fingerprint density at radius 2 is 1.96 bits per heavy atom. The standard InChI is InChI=1S/C17H20N4O2S.CH2O2/c1-18-24(22,23)15-6-4-5-12(7-15)13-8-16-14(11-21(2)3)10-20-17(16)19-9-13;2-1-3/h4-10,18H,11H2,1-3H3,(H,19,20);1H,(H,2,3). The highest BCUT2D eigenvalue weighted by Gasteiger charge is 2.13. The van der Waals surface area contributed by atoms with Gasteiger partial charge in [0.2, 0.25) is 10.0 Å². The molecule has 3 rings (SSSR count). The van der Waals surface area contributed by atoms with Crippen molar-refractivity contribution in [2.24, 2.45) is 0 Å². The van der Waals surface area contributed by atoms with Gasteiger partial charge in [-0.25, -0.2) is 18.1 Å². The van der Waals surface area contributed by atoms with E-state index in [-0.39, 0.29) is 11.4 Å². The normalized spacial score (nSPS) is 11.3. The maximum atomic E-state index is 12.0. The second-order valence-corrected chi connectivity index (χ2v) is 7.90. The third kappa shape index (κ3) is 4.91. The fourth-order valence-corrected chi connectivity index (χ4v) is 3.42. The fraction of sp³-hybridized carbons (Fsp3) is 0.222. The van der Waals surface area contributed by atoms with Crippen molar-refractivity contribution in [2.45, 2.75) is 11.4 Å². The number of nitrogens with zero attached hydrogens (tertiary/aromatic N) is 2. The molecule has 0 bridgehead atoms. The lowest BCUT2D eigenvalue weighted by Gasteiger charge is -2.09. The van der Waals surface area contributed by atoms with Crippen LogP contribution in [0.25, 0.3) is 22.2 Å². The molecular weight excluding hydrogens is 368 g/mol. The molecule has 0 aliphatic heterocycles. The van der Waals surface area contributed by atoms with Crippen LogP contribution in [0.15, 0.2) is 47.6 Å². The summed E-state index contributed by atoms with van der Waals surface area (Å²) in [5.41, 5.74) is 3.69. The van der Waals surface area contributed by atoms with Crippen LogP contribution in [-0.2, 0) is 21.4 Å². The lowest BCUT2D eigenvalue weighted by molar-refractivity contribution is -0.122. The highest BCUT2D eigenvalue weighted by Crippen LogP contribution is 2.26.